The Bertz CT molecular complexity index is 616. The highest BCUT2D eigenvalue weighted by Gasteiger charge is 2.28. The Labute approximate surface area is 118 Å². The van der Waals surface area contributed by atoms with Crippen molar-refractivity contribution in [2.75, 3.05) is 17.7 Å². The maximum absolute atomic E-state index is 10.2. The highest BCUT2D eigenvalue weighted by molar-refractivity contribution is 5.91. The van der Waals surface area contributed by atoms with Gasteiger partial charge in [-0.2, -0.15) is 0 Å². The van der Waals surface area contributed by atoms with Gasteiger partial charge in [0.05, 0.1) is 17.7 Å². The molecule has 0 amide bonds. The van der Waals surface area contributed by atoms with E-state index >= 15 is 0 Å². The molecule has 2 unspecified atom stereocenters. The first-order chi connectivity index (χ1) is 9.66. The summed E-state index contributed by atoms with van der Waals surface area (Å²) in [6.45, 7) is 0. The monoisotopic (exact) mass is 272 g/mol. The van der Waals surface area contributed by atoms with E-state index in [0.717, 1.165) is 42.4 Å². The summed E-state index contributed by atoms with van der Waals surface area (Å²) in [5.41, 5.74) is 7.34. The second kappa shape index (κ2) is 5.25. The molecule has 1 aliphatic rings. The molecule has 1 heterocycles. The maximum Gasteiger partial charge on any atom is 0.139 e. The van der Waals surface area contributed by atoms with Gasteiger partial charge in [0.1, 0.15) is 12.1 Å². The first-order valence-corrected chi connectivity index (χ1v) is 7.08. The standard InChI is InChI=1S/C15H20N4O/c1-19(13-4-2-3-5-14(13)20)15-11-7-6-10(16)8-12(11)17-9-18-15/h6-9,13-14,20H,2-5,16H2,1H3. The summed E-state index contributed by atoms with van der Waals surface area (Å²) in [4.78, 5) is 10.8. The van der Waals surface area contributed by atoms with Gasteiger partial charge in [-0.05, 0) is 31.0 Å². The second-order valence-corrected chi connectivity index (χ2v) is 5.50. The van der Waals surface area contributed by atoms with Crippen LogP contribution in [0.3, 0.4) is 0 Å². The van der Waals surface area contributed by atoms with Gasteiger partial charge in [-0.25, -0.2) is 9.97 Å². The quantitative estimate of drug-likeness (QED) is 0.817. The van der Waals surface area contributed by atoms with Crippen LogP contribution in [0.1, 0.15) is 25.7 Å². The third kappa shape index (κ3) is 2.29. The molecule has 5 heteroatoms. The molecule has 0 aliphatic heterocycles. The van der Waals surface area contributed by atoms with Gasteiger partial charge in [-0.1, -0.05) is 12.8 Å². The molecule has 3 N–H and O–H groups in total. The van der Waals surface area contributed by atoms with Crippen LogP contribution in [0.25, 0.3) is 10.9 Å². The van der Waals surface area contributed by atoms with E-state index in [1.165, 1.54) is 0 Å². The minimum Gasteiger partial charge on any atom is -0.399 e. The highest BCUT2D eigenvalue weighted by atomic mass is 16.3. The SMILES string of the molecule is CN(c1ncnc2cc(N)ccc12)C1CCCCC1O. The Balaban J connectivity index is 2.00. The third-order valence-electron chi connectivity index (χ3n) is 4.17. The van der Waals surface area contributed by atoms with Crippen molar-refractivity contribution in [3.63, 3.8) is 0 Å². The maximum atomic E-state index is 10.2. The van der Waals surface area contributed by atoms with Crippen LogP contribution >= 0.6 is 0 Å². The molecule has 2 aromatic rings. The molecule has 5 nitrogen and oxygen atoms in total. The van der Waals surface area contributed by atoms with Crippen LogP contribution in [0.4, 0.5) is 11.5 Å². The number of nitrogens with two attached hydrogens (primary N) is 1. The zero-order valence-corrected chi connectivity index (χ0v) is 11.7. The molecule has 1 aromatic carbocycles. The lowest BCUT2D eigenvalue weighted by molar-refractivity contribution is 0.106. The Hall–Kier alpha value is -1.88. The number of likely N-dealkylation sites (N-methyl/N-ethyl adjacent to an activating group) is 1. The second-order valence-electron chi connectivity index (χ2n) is 5.50. The summed E-state index contributed by atoms with van der Waals surface area (Å²) in [5.74, 6) is 0.862. The van der Waals surface area contributed by atoms with E-state index in [9.17, 15) is 5.11 Å². The van der Waals surface area contributed by atoms with Crippen LogP contribution in [-0.2, 0) is 0 Å². The van der Waals surface area contributed by atoms with Crippen molar-refractivity contribution in [3.8, 4) is 0 Å². The fourth-order valence-corrected chi connectivity index (χ4v) is 3.04. The predicted octanol–water partition coefficient (Wildman–Crippen LogP) is 1.95. The van der Waals surface area contributed by atoms with E-state index in [2.05, 4.69) is 14.9 Å². The molecule has 20 heavy (non-hydrogen) atoms. The summed E-state index contributed by atoms with van der Waals surface area (Å²) in [5, 5.41) is 11.2. The molecule has 0 saturated heterocycles. The summed E-state index contributed by atoms with van der Waals surface area (Å²) in [7, 11) is 2.00. The van der Waals surface area contributed by atoms with Gasteiger partial charge < -0.3 is 15.7 Å². The average Bonchev–Trinajstić information content (AvgIpc) is 2.46. The van der Waals surface area contributed by atoms with Crippen LogP contribution < -0.4 is 10.6 Å². The zero-order valence-electron chi connectivity index (χ0n) is 11.7. The molecule has 1 saturated carbocycles. The molecule has 2 atom stereocenters. The molecule has 0 radical (unpaired) electrons. The average molecular weight is 272 g/mol. The predicted molar refractivity (Wildman–Crippen MR) is 80.6 cm³/mol. The number of rotatable bonds is 2. The van der Waals surface area contributed by atoms with Crippen molar-refractivity contribution in [1.29, 1.82) is 0 Å². The molecular formula is C15H20N4O. The molecule has 0 spiro atoms. The number of hydrogen-bond donors (Lipinski definition) is 2. The molecule has 0 bridgehead atoms. The van der Waals surface area contributed by atoms with Crippen molar-refractivity contribution in [2.24, 2.45) is 0 Å². The van der Waals surface area contributed by atoms with E-state index in [1.54, 1.807) is 6.33 Å². The van der Waals surface area contributed by atoms with Crippen molar-refractivity contribution in [1.82, 2.24) is 9.97 Å². The first-order valence-electron chi connectivity index (χ1n) is 7.08. The minimum absolute atomic E-state index is 0.124. The number of aliphatic hydroxyl groups excluding tert-OH is 1. The van der Waals surface area contributed by atoms with Gasteiger partial charge in [0.2, 0.25) is 0 Å². The van der Waals surface area contributed by atoms with Gasteiger partial charge in [0.25, 0.3) is 0 Å². The van der Waals surface area contributed by atoms with Gasteiger partial charge in [-0.15, -0.1) is 0 Å². The number of benzene rings is 1. The number of nitrogens with zero attached hydrogens (tertiary/aromatic N) is 3. The lowest BCUT2D eigenvalue weighted by Crippen LogP contribution is -2.43. The fraction of sp³-hybridized carbons (Fsp3) is 0.467. The van der Waals surface area contributed by atoms with Crippen LogP contribution in [0, 0.1) is 0 Å². The Morgan fingerprint density at radius 3 is 2.85 bits per heavy atom. The van der Waals surface area contributed by atoms with E-state index < -0.39 is 0 Å². The van der Waals surface area contributed by atoms with Gasteiger partial charge in [0, 0.05) is 18.1 Å². The van der Waals surface area contributed by atoms with E-state index in [-0.39, 0.29) is 12.1 Å². The van der Waals surface area contributed by atoms with Crippen molar-refractivity contribution in [3.05, 3.63) is 24.5 Å². The third-order valence-corrected chi connectivity index (χ3v) is 4.17. The summed E-state index contributed by atoms with van der Waals surface area (Å²) in [6.07, 6.45) is 5.40. The van der Waals surface area contributed by atoms with Gasteiger partial charge in [-0.3, -0.25) is 0 Å². The number of nitrogen functional groups attached to an aromatic ring is 1. The molecular weight excluding hydrogens is 252 g/mol. The zero-order chi connectivity index (χ0) is 14.1. The van der Waals surface area contributed by atoms with E-state index in [0.29, 0.717) is 5.69 Å². The molecule has 106 valence electrons. The summed E-state index contributed by atoms with van der Waals surface area (Å²) < 4.78 is 0. The number of hydrogen-bond acceptors (Lipinski definition) is 5. The van der Waals surface area contributed by atoms with Crippen LogP contribution in [-0.4, -0.2) is 34.3 Å². The molecule has 1 aromatic heterocycles. The minimum atomic E-state index is -0.285. The smallest absolute Gasteiger partial charge is 0.139 e. The highest BCUT2D eigenvalue weighted by Crippen LogP contribution is 2.29. The topological polar surface area (TPSA) is 75.3 Å². The number of aliphatic hydroxyl groups is 1. The fourth-order valence-electron chi connectivity index (χ4n) is 3.04. The first kappa shape index (κ1) is 13.1. The normalized spacial score (nSPS) is 22.9. The lowest BCUT2D eigenvalue weighted by Gasteiger charge is -2.36. The Morgan fingerprint density at radius 1 is 1.25 bits per heavy atom. The largest absolute Gasteiger partial charge is 0.399 e. The Morgan fingerprint density at radius 2 is 2.05 bits per heavy atom. The van der Waals surface area contributed by atoms with E-state index in [1.807, 2.05) is 25.2 Å². The number of fused-ring (bicyclic) bond motifs is 1. The van der Waals surface area contributed by atoms with Gasteiger partial charge in [0.15, 0.2) is 0 Å². The molecule has 3 rings (SSSR count). The van der Waals surface area contributed by atoms with Gasteiger partial charge >= 0.3 is 0 Å². The molecule has 1 fully saturated rings. The lowest BCUT2D eigenvalue weighted by atomic mass is 9.91. The number of aromatic nitrogens is 2. The number of anilines is 2. The van der Waals surface area contributed by atoms with Crippen LogP contribution in [0.2, 0.25) is 0 Å². The van der Waals surface area contributed by atoms with E-state index in [4.69, 9.17) is 5.73 Å². The molecule has 1 aliphatic carbocycles. The summed E-state index contributed by atoms with van der Waals surface area (Å²) in [6, 6.07) is 5.79. The Kier molecular flexibility index (Phi) is 3.44. The van der Waals surface area contributed by atoms with Crippen molar-refractivity contribution >= 4 is 22.4 Å². The van der Waals surface area contributed by atoms with Crippen molar-refractivity contribution in [2.45, 2.75) is 37.8 Å². The summed E-state index contributed by atoms with van der Waals surface area (Å²) >= 11 is 0. The van der Waals surface area contributed by atoms with Crippen LogP contribution in [0.5, 0.6) is 0 Å². The van der Waals surface area contributed by atoms with Crippen LogP contribution in [0.15, 0.2) is 24.5 Å². The van der Waals surface area contributed by atoms with Crippen molar-refractivity contribution < 1.29 is 5.11 Å².